The number of fused-ring (bicyclic) bond motifs is 1. The maximum Gasteiger partial charge on any atom is 0.165 e. The molecule has 7 rings (SSSR count). The standard InChI is InChI=1S/C22H27NO4/c1-12(24)14-11-20-6-7-22(14,26-3)19-21(20)8-9-23(2)16(20)10-13-4-5-15(25)18(27-19)17(13)21/h4-7,12,14,16,19,24-25H,8-11H2,1-3H3/t12-,14?,16?,19?,20?,21-,22?/m0/s1. The number of ether oxygens (including phenoxy) is 2. The Kier molecular flexibility index (Phi) is 2.86. The van der Waals surface area contributed by atoms with Crippen LogP contribution in [0.2, 0.25) is 0 Å². The maximum atomic E-state index is 10.7. The molecule has 144 valence electrons. The zero-order valence-corrected chi connectivity index (χ0v) is 16.1. The highest BCUT2D eigenvalue weighted by Crippen LogP contribution is 2.74. The molecule has 6 aliphatic rings. The van der Waals surface area contributed by atoms with Crippen LogP contribution in [0.3, 0.4) is 0 Å². The summed E-state index contributed by atoms with van der Waals surface area (Å²) in [5, 5.41) is 21.3. The monoisotopic (exact) mass is 369 g/mol. The predicted octanol–water partition coefficient (Wildman–Crippen LogP) is 1.99. The van der Waals surface area contributed by atoms with E-state index in [0.29, 0.717) is 11.8 Å². The minimum absolute atomic E-state index is 0.0300. The number of rotatable bonds is 2. The Bertz CT molecular complexity index is 881. The Morgan fingerprint density at radius 1 is 1.33 bits per heavy atom. The van der Waals surface area contributed by atoms with Gasteiger partial charge in [0.15, 0.2) is 11.5 Å². The van der Waals surface area contributed by atoms with Crippen molar-refractivity contribution in [3.63, 3.8) is 0 Å². The van der Waals surface area contributed by atoms with Crippen molar-refractivity contribution in [2.45, 2.75) is 55.5 Å². The Morgan fingerprint density at radius 2 is 2.15 bits per heavy atom. The number of hydrogen-bond acceptors (Lipinski definition) is 5. The Balaban J connectivity index is 1.72. The summed E-state index contributed by atoms with van der Waals surface area (Å²) in [6.07, 6.45) is 6.68. The van der Waals surface area contributed by atoms with Crippen LogP contribution >= 0.6 is 0 Å². The molecule has 0 aromatic heterocycles. The van der Waals surface area contributed by atoms with Crippen LogP contribution in [0.25, 0.3) is 0 Å². The minimum Gasteiger partial charge on any atom is -0.504 e. The number of aromatic hydroxyl groups is 1. The van der Waals surface area contributed by atoms with Crippen molar-refractivity contribution in [2.24, 2.45) is 11.3 Å². The third-order valence-corrected chi connectivity index (χ3v) is 8.71. The number of piperidine rings is 1. The van der Waals surface area contributed by atoms with Crippen LogP contribution in [-0.2, 0) is 16.6 Å². The number of nitrogens with zero attached hydrogens (tertiary/aromatic N) is 1. The Hall–Kier alpha value is -1.56. The second-order valence-electron chi connectivity index (χ2n) is 9.35. The van der Waals surface area contributed by atoms with Gasteiger partial charge in [0.25, 0.3) is 0 Å². The van der Waals surface area contributed by atoms with Crippen LogP contribution in [0.15, 0.2) is 24.3 Å². The van der Waals surface area contributed by atoms with E-state index in [1.54, 1.807) is 13.2 Å². The summed E-state index contributed by atoms with van der Waals surface area (Å²) in [6, 6.07) is 4.22. The first-order chi connectivity index (χ1) is 12.9. The number of likely N-dealkylation sites (tertiary alicyclic amines) is 1. The molecule has 5 heteroatoms. The number of benzene rings is 1. The molecule has 0 radical (unpaired) electrons. The average Bonchev–Trinajstić information content (AvgIpc) is 3.03. The summed E-state index contributed by atoms with van der Waals surface area (Å²) in [4.78, 5) is 2.49. The van der Waals surface area contributed by atoms with Crippen LogP contribution < -0.4 is 4.74 Å². The van der Waals surface area contributed by atoms with Gasteiger partial charge in [-0.25, -0.2) is 0 Å². The van der Waals surface area contributed by atoms with E-state index >= 15 is 0 Å². The summed E-state index contributed by atoms with van der Waals surface area (Å²) in [6.45, 7) is 2.88. The summed E-state index contributed by atoms with van der Waals surface area (Å²) < 4.78 is 12.8. The van der Waals surface area contributed by atoms with Gasteiger partial charge in [0.05, 0.1) is 11.5 Å². The molecule has 1 aromatic rings. The van der Waals surface area contributed by atoms with Crippen molar-refractivity contribution in [1.29, 1.82) is 0 Å². The third-order valence-electron chi connectivity index (χ3n) is 8.71. The lowest BCUT2D eigenvalue weighted by Gasteiger charge is -2.71. The number of aliphatic hydroxyl groups is 1. The molecule has 1 saturated carbocycles. The largest absolute Gasteiger partial charge is 0.504 e. The van der Waals surface area contributed by atoms with Crippen LogP contribution in [-0.4, -0.2) is 59.7 Å². The Labute approximate surface area is 159 Å². The number of hydrogen-bond donors (Lipinski definition) is 2. The van der Waals surface area contributed by atoms with E-state index in [9.17, 15) is 10.2 Å². The summed E-state index contributed by atoms with van der Waals surface area (Å²) in [5.74, 6) is 0.850. The van der Waals surface area contributed by atoms with Gasteiger partial charge in [0.1, 0.15) is 11.7 Å². The minimum atomic E-state index is -0.670. The van der Waals surface area contributed by atoms with Gasteiger partial charge >= 0.3 is 0 Å². The van der Waals surface area contributed by atoms with Crippen molar-refractivity contribution in [2.75, 3.05) is 20.7 Å². The van der Waals surface area contributed by atoms with Gasteiger partial charge in [-0.05, 0) is 51.4 Å². The summed E-state index contributed by atoms with van der Waals surface area (Å²) in [5.41, 5.74) is 1.55. The van der Waals surface area contributed by atoms with E-state index in [2.05, 4.69) is 30.2 Å². The molecule has 5 nitrogen and oxygen atoms in total. The molecular weight excluding hydrogens is 342 g/mol. The first kappa shape index (κ1) is 16.4. The van der Waals surface area contributed by atoms with E-state index in [4.69, 9.17) is 9.47 Å². The molecule has 27 heavy (non-hydrogen) atoms. The highest BCUT2D eigenvalue weighted by Gasteiger charge is 2.79. The third kappa shape index (κ3) is 1.47. The zero-order chi connectivity index (χ0) is 18.8. The van der Waals surface area contributed by atoms with Crippen LogP contribution in [0.4, 0.5) is 0 Å². The van der Waals surface area contributed by atoms with Gasteiger partial charge in [-0.1, -0.05) is 18.2 Å². The lowest BCUT2D eigenvalue weighted by Crippen LogP contribution is -2.79. The highest BCUT2D eigenvalue weighted by atomic mass is 16.6. The van der Waals surface area contributed by atoms with E-state index in [0.717, 1.165) is 25.8 Å². The topological polar surface area (TPSA) is 62.2 Å². The predicted molar refractivity (Wildman–Crippen MR) is 100 cm³/mol. The number of aliphatic hydroxyl groups excluding tert-OH is 1. The Morgan fingerprint density at radius 3 is 2.89 bits per heavy atom. The molecule has 1 aromatic carbocycles. The normalized spacial score (nSPS) is 46.9. The molecule has 0 amide bonds. The quantitative estimate of drug-likeness (QED) is 0.781. The number of likely N-dealkylation sites (N-methyl/N-ethyl adjacent to an activating group) is 1. The number of methoxy groups -OCH3 is 1. The van der Waals surface area contributed by atoms with Crippen molar-refractivity contribution < 1.29 is 19.7 Å². The lowest BCUT2D eigenvalue weighted by molar-refractivity contribution is -0.228. The molecule has 5 unspecified atom stereocenters. The van der Waals surface area contributed by atoms with E-state index in [1.165, 1.54) is 11.1 Å². The molecule has 7 atom stereocenters. The second-order valence-corrected chi connectivity index (χ2v) is 9.35. The molecule has 2 N–H and O–H groups in total. The van der Waals surface area contributed by atoms with Crippen molar-refractivity contribution >= 4 is 0 Å². The first-order valence-corrected chi connectivity index (χ1v) is 10.1. The zero-order valence-electron chi connectivity index (χ0n) is 16.1. The van der Waals surface area contributed by atoms with Crippen LogP contribution in [0, 0.1) is 11.3 Å². The van der Waals surface area contributed by atoms with Crippen molar-refractivity contribution in [3.05, 3.63) is 35.4 Å². The van der Waals surface area contributed by atoms with Gasteiger partial charge in [-0.3, -0.25) is 0 Å². The van der Waals surface area contributed by atoms with E-state index < -0.39 is 11.7 Å². The summed E-state index contributed by atoms with van der Waals surface area (Å²) in [7, 11) is 3.96. The first-order valence-electron chi connectivity index (χ1n) is 10.1. The van der Waals surface area contributed by atoms with Gasteiger partial charge in [0, 0.05) is 30.0 Å². The molecule has 4 bridgehead atoms. The average molecular weight is 369 g/mol. The van der Waals surface area contributed by atoms with Crippen LogP contribution in [0.1, 0.15) is 30.9 Å². The van der Waals surface area contributed by atoms with Crippen molar-refractivity contribution in [3.8, 4) is 11.5 Å². The molecule has 4 aliphatic carbocycles. The van der Waals surface area contributed by atoms with Crippen LogP contribution in [0.5, 0.6) is 11.5 Å². The number of phenolic OH excluding ortho intramolecular Hbond substituents is 1. The summed E-state index contributed by atoms with van der Waals surface area (Å²) >= 11 is 0. The van der Waals surface area contributed by atoms with Gasteiger partial charge < -0.3 is 24.6 Å². The fraction of sp³-hybridized carbons (Fsp3) is 0.636. The van der Waals surface area contributed by atoms with E-state index in [1.807, 2.05) is 6.92 Å². The SMILES string of the molecule is COC12C=CC3(CC1[C@H](C)O)C1Cc4ccc(O)c5c4[C@@]3(CCN1C)C2O5. The molecule has 2 fully saturated rings. The molecule has 2 aliphatic heterocycles. The van der Waals surface area contributed by atoms with Gasteiger partial charge in [-0.2, -0.15) is 0 Å². The maximum absolute atomic E-state index is 10.7. The molecule has 2 spiro atoms. The molecule has 1 saturated heterocycles. The highest BCUT2D eigenvalue weighted by molar-refractivity contribution is 5.65. The van der Waals surface area contributed by atoms with Crippen molar-refractivity contribution in [1.82, 2.24) is 4.90 Å². The van der Waals surface area contributed by atoms with E-state index in [-0.39, 0.29) is 28.6 Å². The molecular formula is C22H27NO4. The molecule has 2 heterocycles. The fourth-order valence-corrected chi connectivity index (χ4v) is 7.66. The van der Waals surface area contributed by atoms with Gasteiger partial charge in [-0.15, -0.1) is 0 Å². The fourth-order valence-electron chi connectivity index (χ4n) is 7.66. The smallest absolute Gasteiger partial charge is 0.165 e. The number of phenols is 1. The van der Waals surface area contributed by atoms with Gasteiger partial charge in [0.2, 0.25) is 0 Å². The second kappa shape index (κ2) is 4.70. The lowest BCUT2D eigenvalue weighted by atomic mass is 9.37.